The number of hydrogen-bond donors (Lipinski definition) is 0. The zero-order valence-electron chi connectivity index (χ0n) is 8.94. The number of amides is 1. The minimum Gasteiger partial charge on any atom is -0.468 e. The van der Waals surface area contributed by atoms with Crippen LogP contribution in [-0.2, 0) is 9.53 Å². The molecule has 0 saturated heterocycles. The van der Waals surface area contributed by atoms with Crippen molar-refractivity contribution in [2.45, 2.75) is 0 Å². The van der Waals surface area contributed by atoms with Gasteiger partial charge in [-0.2, -0.15) is 4.39 Å². The number of rotatable bonds is 3. The molecule has 0 aliphatic heterocycles. The maximum absolute atomic E-state index is 13.1. The van der Waals surface area contributed by atoms with E-state index in [2.05, 4.69) is 9.72 Å². The van der Waals surface area contributed by atoms with E-state index >= 15 is 0 Å². The van der Waals surface area contributed by atoms with Crippen LogP contribution >= 0.6 is 0 Å². The fourth-order valence-corrected chi connectivity index (χ4v) is 1.08. The third kappa shape index (κ3) is 2.75. The molecule has 0 bridgehead atoms. The van der Waals surface area contributed by atoms with Gasteiger partial charge < -0.3 is 9.64 Å². The summed E-state index contributed by atoms with van der Waals surface area (Å²) in [5.41, 5.74) is -0.172. The lowest BCUT2D eigenvalue weighted by molar-refractivity contribution is -0.141. The van der Waals surface area contributed by atoms with Gasteiger partial charge in [0.05, 0.1) is 12.7 Å². The van der Waals surface area contributed by atoms with Gasteiger partial charge >= 0.3 is 5.97 Å². The number of nitrogens with zero attached hydrogens (tertiary/aromatic N) is 2. The van der Waals surface area contributed by atoms with Crippen LogP contribution in [0.25, 0.3) is 0 Å². The number of methoxy groups -OCH3 is 1. The molecule has 0 spiro atoms. The van der Waals surface area contributed by atoms with Crippen molar-refractivity contribution in [3.8, 4) is 0 Å². The molecule has 0 aromatic carbocycles. The van der Waals surface area contributed by atoms with Crippen molar-refractivity contribution in [2.24, 2.45) is 0 Å². The quantitative estimate of drug-likeness (QED) is 0.555. The molecule has 0 saturated carbocycles. The molecule has 1 aromatic rings. The first-order valence-electron chi connectivity index (χ1n) is 4.49. The van der Waals surface area contributed by atoms with Gasteiger partial charge in [-0.25, -0.2) is 4.98 Å². The maximum atomic E-state index is 13.1. The van der Waals surface area contributed by atoms with Gasteiger partial charge in [0.25, 0.3) is 5.91 Å². The molecule has 0 aliphatic rings. The number of halogens is 1. The third-order valence-electron chi connectivity index (χ3n) is 1.93. The molecular formula is C10H11FN2O3. The van der Waals surface area contributed by atoms with Crippen LogP contribution in [0.4, 0.5) is 4.39 Å². The van der Waals surface area contributed by atoms with Crippen molar-refractivity contribution in [3.05, 3.63) is 29.8 Å². The summed E-state index contributed by atoms with van der Waals surface area (Å²) >= 11 is 0. The Hall–Kier alpha value is -1.98. The van der Waals surface area contributed by atoms with Gasteiger partial charge in [-0.1, -0.05) is 0 Å². The van der Waals surface area contributed by atoms with Crippen molar-refractivity contribution in [1.29, 1.82) is 0 Å². The predicted octanol–water partition coefficient (Wildman–Crippen LogP) is 0.466. The number of hydrogen-bond acceptors (Lipinski definition) is 4. The van der Waals surface area contributed by atoms with E-state index in [1.807, 2.05) is 0 Å². The Morgan fingerprint density at radius 3 is 2.81 bits per heavy atom. The topological polar surface area (TPSA) is 59.5 Å². The second-order valence-corrected chi connectivity index (χ2v) is 3.08. The number of esters is 1. The maximum Gasteiger partial charge on any atom is 0.325 e. The highest BCUT2D eigenvalue weighted by Gasteiger charge is 2.18. The molecule has 86 valence electrons. The van der Waals surface area contributed by atoms with E-state index in [0.29, 0.717) is 0 Å². The first-order chi connectivity index (χ1) is 7.56. The number of carbonyl (C=O) groups excluding carboxylic acids is 2. The van der Waals surface area contributed by atoms with Crippen LogP contribution in [0, 0.1) is 5.95 Å². The fraction of sp³-hybridized carbons (Fsp3) is 0.300. The van der Waals surface area contributed by atoms with Crippen molar-refractivity contribution in [2.75, 3.05) is 20.7 Å². The van der Waals surface area contributed by atoms with Gasteiger partial charge in [0.1, 0.15) is 6.54 Å². The predicted molar refractivity (Wildman–Crippen MR) is 53.2 cm³/mol. The van der Waals surface area contributed by atoms with Crippen LogP contribution in [0.5, 0.6) is 0 Å². The highest BCUT2D eigenvalue weighted by atomic mass is 19.1. The summed E-state index contributed by atoms with van der Waals surface area (Å²) in [5.74, 6) is -2.04. The Kier molecular flexibility index (Phi) is 3.93. The van der Waals surface area contributed by atoms with Crippen LogP contribution in [-0.4, -0.2) is 42.5 Å². The SMILES string of the molecule is COC(=O)CN(C)C(=O)c1cccnc1F. The molecule has 1 amide bonds. The number of ether oxygens (including phenoxy) is 1. The molecule has 0 aliphatic carbocycles. The molecule has 1 rings (SSSR count). The van der Waals surface area contributed by atoms with Crippen LogP contribution < -0.4 is 0 Å². The van der Waals surface area contributed by atoms with Gasteiger partial charge in [-0.05, 0) is 12.1 Å². The first-order valence-corrected chi connectivity index (χ1v) is 4.49. The van der Waals surface area contributed by atoms with E-state index < -0.39 is 17.8 Å². The van der Waals surface area contributed by atoms with Crippen LogP contribution in [0.3, 0.4) is 0 Å². The monoisotopic (exact) mass is 226 g/mol. The smallest absolute Gasteiger partial charge is 0.325 e. The van der Waals surface area contributed by atoms with E-state index in [1.54, 1.807) is 0 Å². The van der Waals surface area contributed by atoms with Crippen molar-refractivity contribution >= 4 is 11.9 Å². The molecule has 1 heterocycles. The zero-order chi connectivity index (χ0) is 12.1. The van der Waals surface area contributed by atoms with Gasteiger partial charge in [-0.15, -0.1) is 0 Å². The number of pyridine rings is 1. The lowest BCUT2D eigenvalue weighted by Crippen LogP contribution is -2.33. The van der Waals surface area contributed by atoms with Gasteiger partial charge in [0.2, 0.25) is 5.95 Å². The third-order valence-corrected chi connectivity index (χ3v) is 1.93. The highest BCUT2D eigenvalue weighted by Crippen LogP contribution is 2.06. The molecule has 1 aromatic heterocycles. The summed E-state index contributed by atoms with van der Waals surface area (Å²) in [6, 6.07) is 2.75. The normalized spacial score (nSPS) is 9.69. The molecule has 0 atom stereocenters. The highest BCUT2D eigenvalue weighted by molar-refractivity contribution is 5.95. The molecule has 16 heavy (non-hydrogen) atoms. The second kappa shape index (κ2) is 5.20. The van der Waals surface area contributed by atoms with Gasteiger partial charge in [0.15, 0.2) is 0 Å². The molecular weight excluding hydrogens is 215 g/mol. The Labute approximate surface area is 91.8 Å². The summed E-state index contributed by atoms with van der Waals surface area (Å²) in [6.45, 7) is -0.232. The molecule has 6 heteroatoms. The van der Waals surface area contributed by atoms with E-state index in [9.17, 15) is 14.0 Å². The lowest BCUT2D eigenvalue weighted by atomic mass is 10.2. The van der Waals surface area contributed by atoms with E-state index in [0.717, 1.165) is 4.90 Å². The minimum atomic E-state index is -0.857. The van der Waals surface area contributed by atoms with Gasteiger partial charge in [-0.3, -0.25) is 9.59 Å². The zero-order valence-corrected chi connectivity index (χ0v) is 8.94. The molecule has 0 fully saturated rings. The van der Waals surface area contributed by atoms with Crippen molar-refractivity contribution in [1.82, 2.24) is 9.88 Å². The number of aromatic nitrogens is 1. The fourth-order valence-electron chi connectivity index (χ4n) is 1.08. The molecule has 5 nitrogen and oxygen atoms in total. The van der Waals surface area contributed by atoms with Gasteiger partial charge in [0, 0.05) is 13.2 Å². The van der Waals surface area contributed by atoms with E-state index in [4.69, 9.17) is 0 Å². The largest absolute Gasteiger partial charge is 0.468 e. The van der Waals surface area contributed by atoms with E-state index in [1.165, 1.54) is 32.5 Å². The summed E-state index contributed by atoms with van der Waals surface area (Å²) in [6.07, 6.45) is 1.24. The number of carbonyl (C=O) groups is 2. The molecule has 0 N–H and O–H groups in total. The minimum absolute atomic E-state index is 0.172. The average Bonchev–Trinajstić information content (AvgIpc) is 2.28. The van der Waals surface area contributed by atoms with Crippen LogP contribution in [0.15, 0.2) is 18.3 Å². The Bertz CT molecular complexity index is 409. The summed E-state index contributed by atoms with van der Waals surface area (Å²) in [5, 5.41) is 0. The average molecular weight is 226 g/mol. The standard InChI is InChI=1S/C10H11FN2O3/c1-13(6-8(14)16-2)10(15)7-4-3-5-12-9(7)11/h3-5H,6H2,1-2H3. The first kappa shape index (κ1) is 12.1. The Morgan fingerprint density at radius 2 is 2.25 bits per heavy atom. The summed E-state index contributed by atoms with van der Waals surface area (Å²) in [7, 11) is 2.59. The van der Waals surface area contributed by atoms with E-state index in [-0.39, 0.29) is 12.1 Å². The summed E-state index contributed by atoms with van der Waals surface area (Å²) < 4.78 is 17.5. The van der Waals surface area contributed by atoms with Crippen molar-refractivity contribution in [3.63, 3.8) is 0 Å². The molecule has 0 unspecified atom stereocenters. The Balaban J connectivity index is 2.79. The van der Waals surface area contributed by atoms with Crippen molar-refractivity contribution < 1.29 is 18.7 Å². The second-order valence-electron chi connectivity index (χ2n) is 3.08. The van der Waals surface area contributed by atoms with Crippen LogP contribution in [0.1, 0.15) is 10.4 Å². The molecule has 0 radical (unpaired) electrons. The Morgan fingerprint density at radius 1 is 1.56 bits per heavy atom. The summed E-state index contributed by atoms with van der Waals surface area (Å²) in [4.78, 5) is 27.0. The lowest BCUT2D eigenvalue weighted by Gasteiger charge is -2.15. The van der Waals surface area contributed by atoms with Crippen LogP contribution in [0.2, 0.25) is 0 Å². The number of likely N-dealkylation sites (N-methyl/N-ethyl adjacent to an activating group) is 1.